The first-order chi connectivity index (χ1) is 13.4. The number of nitrogens with two attached hydrogens (primary N) is 1. The SMILES string of the molecule is CC1(C(=O)NN)CC(c2ccc(OC(F)F)c(OCc3ccccc3)c2)=NO1. The Hall–Kier alpha value is -3.20. The zero-order valence-electron chi connectivity index (χ0n) is 15.0. The van der Waals surface area contributed by atoms with Crippen LogP contribution in [0.15, 0.2) is 53.7 Å². The van der Waals surface area contributed by atoms with Crippen LogP contribution in [0.25, 0.3) is 0 Å². The Morgan fingerprint density at radius 1 is 1.29 bits per heavy atom. The molecular weight excluding hydrogens is 372 g/mol. The van der Waals surface area contributed by atoms with Crippen molar-refractivity contribution in [3.05, 3.63) is 59.7 Å². The van der Waals surface area contributed by atoms with Gasteiger partial charge in [0, 0.05) is 12.0 Å². The number of oxime groups is 1. The first-order valence-electron chi connectivity index (χ1n) is 8.43. The Kier molecular flexibility index (Phi) is 5.74. The largest absolute Gasteiger partial charge is 0.485 e. The van der Waals surface area contributed by atoms with E-state index in [0.29, 0.717) is 11.3 Å². The zero-order valence-corrected chi connectivity index (χ0v) is 15.0. The number of carbonyl (C=O) groups excluding carboxylic acids is 1. The van der Waals surface area contributed by atoms with Gasteiger partial charge in [-0.25, -0.2) is 5.84 Å². The topological polar surface area (TPSA) is 95.2 Å². The lowest BCUT2D eigenvalue weighted by molar-refractivity contribution is -0.141. The smallest absolute Gasteiger partial charge is 0.387 e. The van der Waals surface area contributed by atoms with Gasteiger partial charge < -0.3 is 14.3 Å². The second kappa shape index (κ2) is 8.22. The summed E-state index contributed by atoms with van der Waals surface area (Å²) in [6.45, 7) is -1.28. The van der Waals surface area contributed by atoms with Crippen molar-refractivity contribution in [1.82, 2.24) is 5.43 Å². The molecule has 2 aromatic rings. The van der Waals surface area contributed by atoms with Crippen molar-refractivity contribution >= 4 is 11.6 Å². The molecule has 1 aliphatic heterocycles. The summed E-state index contributed by atoms with van der Waals surface area (Å²) in [4.78, 5) is 17.1. The molecule has 28 heavy (non-hydrogen) atoms. The Balaban J connectivity index is 1.82. The fraction of sp³-hybridized carbons (Fsp3) is 0.263. The highest BCUT2D eigenvalue weighted by Crippen LogP contribution is 2.33. The lowest BCUT2D eigenvalue weighted by atomic mass is 9.95. The number of hydrogen-bond acceptors (Lipinski definition) is 6. The minimum absolute atomic E-state index is 0.100. The summed E-state index contributed by atoms with van der Waals surface area (Å²) >= 11 is 0. The van der Waals surface area contributed by atoms with E-state index in [1.807, 2.05) is 35.8 Å². The molecule has 148 valence electrons. The van der Waals surface area contributed by atoms with E-state index in [4.69, 9.17) is 15.4 Å². The first kappa shape index (κ1) is 19.6. The maximum atomic E-state index is 12.7. The molecule has 2 aromatic carbocycles. The highest BCUT2D eigenvalue weighted by molar-refractivity contribution is 6.05. The molecule has 0 saturated heterocycles. The van der Waals surface area contributed by atoms with Crippen molar-refractivity contribution in [3.63, 3.8) is 0 Å². The number of benzene rings is 2. The molecule has 0 radical (unpaired) electrons. The van der Waals surface area contributed by atoms with Crippen LogP contribution in [-0.4, -0.2) is 23.8 Å². The summed E-state index contributed by atoms with van der Waals surface area (Å²) in [7, 11) is 0. The second-order valence-corrected chi connectivity index (χ2v) is 6.32. The van der Waals surface area contributed by atoms with Crippen LogP contribution in [0.3, 0.4) is 0 Å². The third-order valence-corrected chi connectivity index (χ3v) is 4.20. The number of hydrogen-bond donors (Lipinski definition) is 2. The summed E-state index contributed by atoms with van der Waals surface area (Å²) in [6, 6.07) is 13.7. The number of hydrazine groups is 1. The molecule has 1 atom stereocenters. The van der Waals surface area contributed by atoms with E-state index < -0.39 is 18.1 Å². The minimum atomic E-state index is -2.99. The van der Waals surface area contributed by atoms with Crippen LogP contribution in [0.2, 0.25) is 0 Å². The van der Waals surface area contributed by atoms with Gasteiger partial charge in [0.05, 0.1) is 5.71 Å². The van der Waals surface area contributed by atoms with Gasteiger partial charge in [0.1, 0.15) is 6.61 Å². The maximum absolute atomic E-state index is 12.7. The van der Waals surface area contributed by atoms with Crippen LogP contribution in [0.1, 0.15) is 24.5 Å². The Morgan fingerprint density at radius 3 is 2.71 bits per heavy atom. The van der Waals surface area contributed by atoms with Gasteiger partial charge in [-0.05, 0) is 30.7 Å². The van der Waals surface area contributed by atoms with E-state index in [9.17, 15) is 13.6 Å². The van der Waals surface area contributed by atoms with Crippen LogP contribution >= 0.6 is 0 Å². The van der Waals surface area contributed by atoms with Crippen molar-refractivity contribution in [2.45, 2.75) is 32.2 Å². The number of alkyl halides is 2. The van der Waals surface area contributed by atoms with E-state index in [1.54, 1.807) is 13.0 Å². The Bertz CT molecular complexity index is 877. The maximum Gasteiger partial charge on any atom is 0.387 e. The van der Waals surface area contributed by atoms with Gasteiger partial charge in [-0.3, -0.25) is 10.2 Å². The summed E-state index contributed by atoms with van der Waals surface area (Å²) in [5.41, 5.74) is 2.67. The van der Waals surface area contributed by atoms with Gasteiger partial charge in [0.2, 0.25) is 5.60 Å². The van der Waals surface area contributed by atoms with Gasteiger partial charge in [0.15, 0.2) is 11.5 Å². The third kappa shape index (κ3) is 4.37. The molecule has 1 amide bonds. The normalized spacial score (nSPS) is 18.4. The molecule has 0 fully saturated rings. The molecule has 0 aliphatic carbocycles. The average molecular weight is 391 g/mol. The van der Waals surface area contributed by atoms with E-state index in [-0.39, 0.29) is 24.5 Å². The van der Waals surface area contributed by atoms with Crippen molar-refractivity contribution in [2.24, 2.45) is 11.0 Å². The number of ether oxygens (including phenoxy) is 2. The van der Waals surface area contributed by atoms with Gasteiger partial charge in [0.25, 0.3) is 5.91 Å². The van der Waals surface area contributed by atoms with Gasteiger partial charge >= 0.3 is 6.61 Å². The first-order valence-corrected chi connectivity index (χ1v) is 8.43. The van der Waals surface area contributed by atoms with Crippen LogP contribution in [0.5, 0.6) is 11.5 Å². The van der Waals surface area contributed by atoms with Gasteiger partial charge in [-0.15, -0.1) is 0 Å². The number of nitrogens with zero attached hydrogens (tertiary/aromatic N) is 1. The number of rotatable bonds is 7. The van der Waals surface area contributed by atoms with Crippen molar-refractivity contribution in [1.29, 1.82) is 0 Å². The summed E-state index contributed by atoms with van der Waals surface area (Å²) in [5.74, 6) is 4.67. The monoisotopic (exact) mass is 391 g/mol. The molecule has 1 unspecified atom stereocenters. The lowest BCUT2D eigenvalue weighted by Gasteiger charge is -2.18. The van der Waals surface area contributed by atoms with Crippen molar-refractivity contribution in [2.75, 3.05) is 0 Å². The molecule has 1 heterocycles. The minimum Gasteiger partial charge on any atom is -0.485 e. The quantitative estimate of drug-likeness (QED) is 0.430. The third-order valence-electron chi connectivity index (χ3n) is 4.20. The highest BCUT2D eigenvalue weighted by Gasteiger charge is 2.42. The van der Waals surface area contributed by atoms with Crippen molar-refractivity contribution < 1.29 is 27.9 Å². The molecule has 9 heteroatoms. The van der Waals surface area contributed by atoms with Crippen LogP contribution in [0.4, 0.5) is 8.78 Å². The van der Waals surface area contributed by atoms with Crippen LogP contribution in [0, 0.1) is 0 Å². The van der Waals surface area contributed by atoms with Crippen LogP contribution < -0.4 is 20.7 Å². The molecule has 7 nitrogen and oxygen atoms in total. The average Bonchev–Trinajstić information content (AvgIpc) is 3.10. The molecule has 0 bridgehead atoms. The second-order valence-electron chi connectivity index (χ2n) is 6.32. The molecule has 0 aromatic heterocycles. The molecular formula is C19H19F2N3O4. The zero-order chi connectivity index (χ0) is 20.1. The lowest BCUT2D eigenvalue weighted by Crippen LogP contribution is -2.47. The molecule has 0 spiro atoms. The Labute approximate surface area is 160 Å². The number of nitrogens with one attached hydrogen (secondary N) is 1. The van der Waals surface area contributed by atoms with Gasteiger partial charge in [-0.2, -0.15) is 8.78 Å². The summed E-state index contributed by atoms with van der Waals surface area (Å²) in [6.07, 6.45) is 0.156. The summed E-state index contributed by atoms with van der Waals surface area (Å²) in [5, 5.41) is 3.93. The Morgan fingerprint density at radius 2 is 2.04 bits per heavy atom. The number of carbonyl (C=O) groups is 1. The van der Waals surface area contributed by atoms with Gasteiger partial charge in [-0.1, -0.05) is 35.5 Å². The molecule has 3 N–H and O–H groups in total. The van der Waals surface area contributed by atoms with E-state index in [1.165, 1.54) is 12.1 Å². The fourth-order valence-corrected chi connectivity index (χ4v) is 2.70. The molecule has 1 aliphatic rings. The summed E-state index contributed by atoms with van der Waals surface area (Å²) < 4.78 is 35.7. The predicted molar refractivity (Wildman–Crippen MR) is 96.8 cm³/mol. The highest BCUT2D eigenvalue weighted by atomic mass is 19.3. The standard InChI is InChI=1S/C19H19F2N3O4/c1-19(17(25)23-22)10-14(24-28-19)13-7-8-15(27-18(20)21)16(9-13)26-11-12-5-3-2-4-6-12/h2-9,18H,10-11,22H2,1H3,(H,23,25). The predicted octanol–water partition coefficient (Wildman–Crippen LogP) is 2.74. The van der Waals surface area contributed by atoms with E-state index in [0.717, 1.165) is 5.56 Å². The van der Waals surface area contributed by atoms with Crippen molar-refractivity contribution in [3.8, 4) is 11.5 Å². The van der Waals surface area contributed by atoms with Crippen LogP contribution in [-0.2, 0) is 16.2 Å². The van der Waals surface area contributed by atoms with E-state index in [2.05, 4.69) is 9.89 Å². The number of halogens is 2. The molecule has 3 rings (SSSR count). The number of amides is 1. The van der Waals surface area contributed by atoms with E-state index >= 15 is 0 Å². The molecule has 0 saturated carbocycles. The fourth-order valence-electron chi connectivity index (χ4n) is 2.70.